The lowest BCUT2D eigenvalue weighted by Gasteiger charge is -2.13. The summed E-state index contributed by atoms with van der Waals surface area (Å²) in [5, 5.41) is 2.03. The van der Waals surface area contributed by atoms with E-state index in [0.717, 1.165) is 12.0 Å². The largest absolute Gasteiger partial charge is 0.294 e. The summed E-state index contributed by atoms with van der Waals surface area (Å²) in [4.78, 5) is 1.20. The van der Waals surface area contributed by atoms with Gasteiger partial charge < -0.3 is 0 Å². The van der Waals surface area contributed by atoms with Crippen LogP contribution in [0.3, 0.4) is 0 Å². The van der Waals surface area contributed by atoms with Gasteiger partial charge in [0.2, 0.25) is 0 Å². The van der Waals surface area contributed by atoms with Crippen molar-refractivity contribution in [1.82, 2.24) is 0 Å². The van der Waals surface area contributed by atoms with Gasteiger partial charge in [-0.25, -0.2) is 0 Å². The van der Waals surface area contributed by atoms with Crippen molar-refractivity contribution in [2.75, 3.05) is 0 Å². The van der Waals surface area contributed by atoms with Crippen LogP contribution in [-0.2, 0) is 10.1 Å². The molecule has 0 radical (unpaired) electrons. The topological polar surface area (TPSA) is 54.4 Å². The van der Waals surface area contributed by atoms with Crippen LogP contribution >= 0.6 is 11.3 Å². The number of rotatable bonds is 4. The lowest BCUT2D eigenvalue weighted by Crippen LogP contribution is -2.00. The minimum absolute atomic E-state index is 0.0627. The first kappa shape index (κ1) is 13.3. The molecule has 0 aliphatic carbocycles. The van der Waals surface area contributed by atoms with Gasteiger partial charge in [-0.2, -0.15) is 8.42 Å². The van der Waals surface area contributed by atoms with Gasteiger partial charge >= 0.3 is 0 Å². The smallest absolute Gasteiger partial charge is 0.282 e. The van der Waals surface area contributed by atoms with Gasteiger partial charge in [-0.3, -0.25) is 4.55 Å². The van der Waals surface area contributed by atoms with Crippen molar-refractivity contribution >= 4 is 21.5 Å². The Balaban J connectivity index is 2.34. The van der Waals surface area contributed by atoms with Crippen molar-refractivity contribution in [2.45, 2.75) is 24.2 Å². The molecule has 0 aliphatic heterocycles. The average Bonchev–Trinajstić information content (AvgIpc) is 2.83. The lowest BCUT2D eigenvalue weighted by atomic mass is 9.95. The van der Waals surface area contributed by atoms with E-state index in [-0.39, 0.29) is 10.8 Å². The maximum absolute atomic E-state index is 11.0. The van der Waals surface area contributed by atoms with Gasteiger partial charge in [0, 0.05) is 10.8 Å². The molecule has 0 saturated heterocycles. The summed E-state index contributed by atoms with van der Waals surface area (Å²) in [6.07, 6.45) is 0.950. The Morgan fingerprint density at radius 1 is 1.22 bits per heavy atom. The van der Waals surface area contributed by atoms with Gasteiger partial charge in [0.05, 0.1) is 4.90 Å². The third kappa shape index (κ3) is 2.80. The summed E-state index contributed by atoms with van der Waals surface area (Å²) in [6, 6.07) is 10.5. The van der Waals surface area contributed by atoms with Crippen molar-refractivity contribution < 1.29 is 13.0 Å². The molecule has 18 heavy (non-hydrogen) atoms. The molecule has 2 rings (SSSR count). The molecule has 0 bridgehead atoms. The van der Waals surface area contributed by atoms with Crippen LogP contribution in [-0.4, -0.2) is 13.0 Å². The molecule has 1 atom stereocenters. The summed E-state index contributed by atoms with van der Waals surface area (Å²) in [5.74, 6) is 0.278. The van der Waals surface area contributed by atoms with Crippen molar-refractivity contribution in [3.05, 3.63) is 52.2 Å². The van der Waals surface area contributed by atoms with Crippen molar-refractivity contribution in [3.8, 4) is 0 Å². The van der Waals surface area contributed by atoms with Gasteiger partial charge in [-0.1, -0.05) is 25.1 Å². The van der Waals surface area contributed by atoms with E-state index in [1.165, 1.54) is 17.0 Å². The van der Waals surface area contributed by atoms with Gasteiger partial charge in [0.25, 0.3) is 10.1 Å². The lowest BCUT2D eigenvalue weighted by molar-refractivity contribution is 0.483. The van der Waals surface area contributed by atoms with Crippen molar-refractivity contribution in [3.63, 3.8) is 0 Å². The highest BCUT2D eigenvalue weighted by molar-refractivity contribution is 7.85. The molecule has 96 valence electrons. The Morgan fingerprint density at radius 2 is 1.89 bits per heavy atom. The first-order valence-corrected chi connectivity index (χ1v) is 7.95. The number of benzene rings is 1. The fourth-order valence-corrected chi connectivity index (χ4v) is 3.38. The van der Waals surface area contributed by atoms with Gasteiger partial charge in [-0.05, 0) is 35.6 Å². The number of hydrogen-bond donors (Lipinski definition) is 1. The molecular formula is C13H14O3S2. The molecular weight excluding hydrogens is 268 g/mol. The van der Waals surface area contributed by atoms with E-state index >= 15 is 0 Å². The predicted octanol–water partition coefficient (Wildman–Crippen LogP) is 3.54. The second-order valence-electron chi connectivity index (χ2n) is 4.02. The molecule has 1 aromatic carbocycles. The molecule has 3 nitrogen and oxygen atoms in total. The Kier molecular flexibility index (Phi) is 3.85. The van der Waals surface area contributed by atoms with E-state index in [1.807, 2.05) is 11.4 Å². The van der Waals surface area contributed by atoms with Crippen LogP contribution in [0.25, 0.3) is 0 Å². The van der Waals surface area contributed by atoms with Crippen LogP contribution < -0.4 is 0 Å². The molecule has 1 unspecified atom stereocenters. The summed E-state index contributed by atoms with van der Waals surface area (Å²) < 4.78 is 30.9. The third-order valence-corrected chi connectivity index (χ3v) is 4.73. The fourth-order valence-electron chi connectivity index (χ4n) is 1.96. The first-order chi connectivity index (χ1) is 8.52. The summed E-state index contributed by atoms with van der Waals surface area (Å²) in [5.41, 5.74) is 1.06. The minimum atomic E-state index is -4.10. The average molecular weight is 282 g/mol. The zero-order chi connectivity index (χ0) is 13.2. The van der Waals surface area contributed by atoms with E-state index in [9.17, 15) is 8.42 Å². The van der Waals surface area contributed by atoms with E-state index < -0.39 is 10.1 Å². The highest BCUT2D eigenvalue weighted by atomic mass is 32.2. The highest BCUT2D eigenvalue weighted by Crippen LogP contribution is 2.31. The van der Waals surface area contributed by atoms with Crippen LogP contribution in [0.1, 0.15) is 29.7 Å². The summed E-state index contributed by atoms with van der Waals surface area (Å²) in [7, 11) is -4.10. The monoisotopic (exact) mass is 282 g/mol. The molecule has 1 heterocycles. The summed E-state index contributed by atoms with van der Waals surface area (Å²) in [6.45, 7) is 2.10. The Hall–Kier alpha value is -1.17. The summed E-state index contributed by atoms with van der Waals surface area (Å²) >= 11 is 1.69. The van der Waals surface area contributed by atoms with Crippen LogP contribution in [0.5, 0.6) is 0 Å². The molecule has 0 fully saturated rings. The normalized spacial score (nSPS) is 13.4. The zero-order valence-corrected chi connectivity index (χ0v) is 11.5. The molecule has 5 heteroatoms. The van der Waals surface area contributed by atoms with Crippen molar-refractivity contribution in [2.24, 2.45) is 0 Å². The fraction of sp³-hybridized carbons (Fsp3) is 0.231. The highest BCUT2D eigenvalue weighted by Gasteiger charge is 2.15. The van der Waals surface area contributed by atoms with Gasteiger partial charge in [0.15, 0.2) is 0 Å². The molecule has 0 spiro atoms. The minimum Gasteiger partial charge on any atom is -0.282 e. The molecule has 1 N–H and O–H groups in total. The second kappa shape index (κ2) is 5.22. The maximum atomic E-state index is 11.0. The molecule has 2 aromatic rings. The van der Waals surface area contributed by atoms with Crippen LogP contribution in [0.4, 0.5) is 0 Å². The van der Waals surface area contributed by atoms with E-state index in [2.05, 4.69) is 13.0 Å². The van der Waals surface area contributed by atoms with Crippen molar-refractivity contribution in [1.29, 1.82) is 0 Å². The SMILES string of the molecule is CCC(c1ccc(S(=O)(=O)O)cc1)c1cccs1. The quantitative estimate of drug-likeness (QED) is 0.873. The van der Waals surface area contributed by atoms with Gasteiger partial charge in [-0.15, -0.1) is 11.3 Å². The molecule has 1 aromatic heterocycles. The molecule has 0 amide bonds. The van der Waals surface area contributed by atoms with E-state index in [1.54, 1.807) is 23.5 Å². The number of hydrogen-bond acceptors (Lipinski definition) is 3. The van der Waals surface area contributed by atoms with Crippen LogP contribution in [0, 0.1) is 0 Å². The van der Waals surface area contributed by atoms with Crippen LogP contribution in [0.15, 0.2) is 46.7 Å². The van der Waals surface area contributed by atoms with Crippen LogP contribution in [0.2, 0.25) is 0 Å². The first-order valence-electron chi connectivity index (χ1n) is 5.63. The standard InChI is InChI=1S/C13H14O3S2/c1-2-12(13-4-3-9-17-13)10-5-7-11(8-6-10)18(14,15)16/h3-9,12H,2H2,1H3,(H,14,15,16). The zero-order valence-electron chi connectivity index (χ0n) is 9.91. The number of thiophene rings is 1. The molecule has 0 saturated carbocycles. The Morgan fingerprint density at radius 3 is 2.33 bits per heavy atom. The Bertz CT molecular complexity index is 598. The Labute approximate surface area is 111 Å². The van der Waals surface area contributed by atoms with E-state index in [4.69, 9.17) is 4.55 Å². The second-order valence-corrected chi connectivity index (χ2v) is 6.42. The predicted molar refractivity (Wildman–Crippen MR) is 72.7 cm³/mol. The maximum Gasteiger partial charge on any atom is 0.294 e. The molecule has 0 aliphatic rings. The third-order valence-electron chi connectivity index (χ3n) is 2.88. The van der Waals surface area contributed by atoms with E-state index in [0.29, 0.717) is 0 Å². The van der Waals surface area contributed by atoms with Gasteiger partial charge in [0.1, 0.15) is 0 Å².